The molecule has 4 rings (SSSR count). The fourth-order valence-corrected chi connectivity index (χ4v) is 6.85. The van der Waals surface area contributed by atoms with E-state index < -0.39 is 19.9 Å². The first-order valence-electron chi connectivity index (χ1n) is 11.2. The number of fused-ring (bicyclic) bond motifs is 1. The fraction of sp³-hybridized carbons (Fsp3) is 0.458. The maximum Gasteiger partial charge on any atom is 0.243 e. The van der Waals surface area contributed by atoms with E-state index in [1.165, 1.54) is 10.6 Å². The van der Waals surface area contributed by atoms with Crippen molar-refractivity contribution in [3.63, 3.8) is 0 Å². The van der Waals surface area contributed by atoms with E-state index in [1.54, 1.807) is 35.2 Å². The summed E-state index contributed by atoms with van der Waals surface area (Å²) in [5.74, 6) is -0.261. The third kappa shape index (κ3) is 4.72. The second kappa shape index (κ2) is 8.85. The van der Waals surface area contributed by atoms with Crippen molar-refractivity contribution >= 4 is 31.5 Å². The van der Waals surface area contributed by atoms with Crippen LogP contribution in [0.1, 0.15) is 36.0 Å². The first kappa shape index (κ1) is 23.9. The standard InChI is InChI=1S/C24H30N2O5S2/c1-17-6-7-22(15-18(17)2)33(30,31)25-13-10-19(11-14-25)24(27)26-12-4-5-20-16-21(32(3,28)29)8-9-23(20)26/h6-9,15-16,19H,4-5,10-14H2,1-3H3. The van der Waals surface area contributed by atoms with Gasteiger partial charge in [-0.3, -0.25) is 4.79 Å². The van der Waals surface area contributed by atoms with E-state index in [9.17, 15) is 21.6 Å². The molecular weight excluding hydrogens is 460 g/mol. The van der Waals surface area contributed by atoms with Gasteiger partial charge in [-0.05, 0) is 86.6 Å². The number of hydrogen-bond donors (Lipinski definition) is 0. The van der Waals surface area contributed by atoms with Gasteiger partial charge in [-0.2, -0.15) is 4.31 Å². The lowest BCUT2D eigenvalue weighted by atomic mass is 9.94. The van der Waals surface area contributed by atoms with Gasteiger partial charge in [0.2, 0.25) is 15.9 Å². The number of benzene rings is 2. The molecule has 0 aliphatic carbocycles. The van der Waals surface area contributed by atoms with Crippen LogP contribution < -0.4 is 4.90 Å². The molecule has 178 valence electrons. The molecule has 2 aliphatic rings. The molecule has 2 heterocycles. The van der Waals surface area contributed by atoms with Crippen LogP contribution >= 0.6 is 0 Å². The van der Waals surface area contributed by atoms with E-state index in [2.05, 4.69) is 0 Å². The second-order valence-electron chi connectivity index (χ2n) is 9.08. The first-order chi connectivity index (χ1) is 15.5. The molecule has 7 nitrogen and oxygen atoms in total. The van der Waals surface area contributed by atoms with Crippen molar-refractivity contribution in [2.45, 2.75) is 49.3 Å². The number of amides is 1. The van der Waals surface area contributed by atoms with Gasteiger partial charge in [-0.1, -0.05) is 6.07 Å². The lowest BCUT2D eigenvalue weighted by Gasteiger charge is -2.36. The summed E-state index contributed by atoms with van der Waals surface area (Å²) < 4.78 is 51.4. The van der Waals surface area contributed by atoms with Crippen LogP contribution in [0.2, 0.25) is 0 Å². The summed E-state index contributed by atoms with van der Waals surface area (Å²) in [4.78, 5) is 15.7. The van der Waals surface area contributed by atoms with E-state index >= 15 is 0 Å². The molecule has 0 spiro atoms. The average Bonchev–Trinajstić information content (AvgIpc) is 2.79. The molecule has 0 saturated carbocycles. The van der Waals surface area contributed by atoms with E-state index in [4.69, 9.17) is 0 Å². The number of anilines is 1. The molecule has 2 aromatic rings. The monoisotopic (exact) mass is 490 g/mol. The predicted octanol–water partition coefficient (Wildman–Crippen LogP) is 3.09. The quantitative estimate of drug-likeness (QED) is 0.657. The summed E-state index contributed by atoms with van der Waals surface area (Å²) >= 11 is 0. The Balaban J connectivity index is 1.48. The van der Waals surface area contributed by atoms with Gasteiger partial charge in [0.05, 0.1) is 9.79 Å². The van der Waals surface area contributed by atoms with E-state index in [0.717, 1.165) is 35.2 Å². The van der Waals surface area contributed by atoms with Crippen molar-refractivity contribution in [2.24, 2.45) is 5.92 Å². The molecular formula is C24H30N2O5S2. The van der Waals surface area contributed by atoms with Gasteiger partial charge in [0.25, 0.3) is 0 Å². The molecule has 2 aliphatic heterocycles. The molecule has 0 bridgehead atoms. The van der Waals surface area contributed by atoms with Gasteiger partial charge in [-0.15, -0.1) is 0 Å². The van der Waals surface area contributed by atoms with Gasteiger partial charge < -0.3 is 4.90 Å². The third-order valence-electron chi connectivity index (χ3n) is 6.78. The van der Waals surface area contributed by atoms with Crippen LogP contribution in [-0.4, -0.2) is 52.9 Å². The SMILES string of the molecule is Cc1ccc(S(=O)(=O)N2CCC(C(=O)N3CCCc4cc(S(C)(=O)=O)ccc43)CC2)cc1C. The fourth-order valence-electron chi connectivity index (χ4n) is 4.62. The Labute approximate surface area is 196 Å². The second-order valence-corrected chi connectivity index (χ2v) is 13.0. The Morgan fingerprint density at radius 1 is 0.879 bits per heavy atom. The van der Waals surface area contributed by atoms with E-state index in [1.807, 2.05) is 19.9 Å². The van der Waals surface area contributed by atoms with E-state index in [-0.39, 0.29) is 16.7 Å². The van der Waals surface area contributed by atoms with Crippen LogP contribution in [0.5, 0.6) is 0 Å². The van der Waals surface area contributed by atoms with Crippen LogP contribution in [0.3, 0.4) is 0 Å². The molecule has 0 atom stereocenters. The lowest BCUT2D eigenvalue weighted by molar-refractivity contribution is -0.123. The summed E-state index contributed by atoms with van der Waals surface area (Å²) in [7, 11) is -6.90. The van der Waals surface area contributed by atoms with Crippen LogP contribution in [-0.2, 0) is 31.1 Å². The molecule has 0 aromatic heterocycles. The highest BCUT2D eigenvalue weighted by molar-refractivity contribution is 7.90. The van der Waals surface area contributed by atoms with Crippen molar-refractivity contribution in [2.75, 3.05) is 30.8 Å². The summed E-state index contributed by atoms with van der Waals surface area (Å²) in [5, 5.41) is 0. The van der Waals surface area contributed by atoms with Crippen molar-refractivity contribution in [1.29, 1.82) is 0 Å². The minimum absolute atomic E-state index is 0.00807. The highest BCUT2D eigenvalue weighted by Crippen LogP contribution is 2.33. The molecule has 9 heteroatoms. The molecule has 33 heavy (non-hydrogen) atoms. The normalized spacial score (nSPS) is 18.2. The Kier molecular flexibility index (Phi) is 6.41. The summed E-state index contributed by atoms with van der Waals surface area (Å²) in [6, 6.07) is 10.1. The maximum absolute atomic E-state index is 13.3. The van der Waals surface area contributed by atoms with Gasteiger partial charge in [-0.25, -0.2) is 16.8 Å². The molecule has 1 amide bonds. The maximum atomic E-state index is 13.3. The molecule has 0 radical (unpaired) electrons. The van der Waals surface area contributed by atoms with Crippen LogP contribution in [0.25, 0.3) is 0 Å². The number of carbonyl (C=O) groups is 1. The Bertz CT molecular complexity index is 1290. The minimum atomic E-state index is -3.59. The van der Waals surface area contributed by atoms with Gasteiger partial charge in [0.15, 0.2) is 9.84 Å². The van der Waals surface area contributed by atoms with Gasteiger partial charge in [0.1, 0.15) is 0 Å². The number of piperidine rings is 1. The summed E-state index contributed by atoms with van der Waals surface area (Å²) in [6.07, 6.45) is 3.62. The number of sulfonamides is 1. The van der Waals surface area contributed by atoms with Crippen molar-refractivity contribution in [3.8, 4) is 0 Å². The zero-order chi connectivity index (χ0) is 24.0. The van der Waals surface area contributed by atoms with Crippen molar-refractivity contribution in [1.82, 2.24) is 4.31 Å². The highest BCUT2D eigenvalue weighted by Gasteiger charge is 2.35. The topological polar surface area (TPSA) is 91.8 Å². The molecule has 0 unspecified atom stereocenters. The predicted molar refractivity (Wildman–Crippen MR) is 128 cm³/mol. The minimum Gasteiger partial charge on any atom is -0.312 e. The number of hydrogen-bond acceptors (Lipinski definition) is 5. The zero-order valence-corrected chi connectivity index (χ0v) is 20.9. The molecule has 1 saturated heterocycles. The Morgan fingerprint density at radius 2 is 1.55 bits per heavy atom. The molecule has 2 aromatic carbocycles. The largest absolute Gasteiger partial charge is 0.312 e. The Hall–Kier alpha value is -2.23. The van der Waals surface area contributed by atoms with Gasteiger partial charge in [0, 0.05) is 37.5 Å². The lowest BCUT2D eigenvalue weighted by Crippen LogP contribution is -2.45. The van der Waals surface area contributed by atoms with E-state index in [0.29, 0.717) is 37.4 Å². The third-order valence-corrected chi connectivity index (χ3v) is 9.79. The Morgan fingerprint density at radius 3 is 2.18 bits per heavy atom. The number of carbonyl (C=O) groups excluding carboxylic acids is 1. The van der Waals surface area contributed by atoms with Gasteiger partial charge >= 0.3 is 0 Å². The first-order valence-corrected chi connectivity index (χ1v) is 14.5. The average molecular weight is 491 g/mol. The van der Waals surface area contributed by atoms with Crippen LogP contribution in [0.15, 0.2) is 46.2 Å². The summed E-state index contributed by atoms with van der Waals surface area (Å²) in [6.45, 7) is 5.04. The van der Waals surface area contributed by atoms with Crippen molar-refractivity contribution < 1.29 is 21.6 Å². The number of rotatable bonds is 4. The van der Waals surface area contributed by atoms with Crippen LogP contribution in [0, 0.1) is 19.8 Å². The highest BCUT2D eigenvalue weighted by atomic mass is 32.2. The van der Waals surface area contributed by atoms with Crippen molar-refractivity contribution in [3.05, 3.63) is 53.1 Å². The molecule has 1 fully saturated rings. The number of sulfone groups is 1. The smallest absolute Gasteiger partial charge is 0.243 e. The summed E-state index contributed by atoms with van der Waals surface area (Å²) in [5.41, 5.74) is 3.61. The van der Waals surface area contributed by atoms with Crippen LogP contribution in [0.4, 0.5) is 5.69 Å². The number of aryl methyl sites for hydroxylation is 3. The number of nitrogens with zero attached hydrogens (tertiary/aromatic N) is 2. The molecule has 0 N–H and O–H groups in total. The zero-order valence-electron chi connectivity index (χ0n) is 19.2.